The maximum Gasteiger partial charge on any atom is 0.161 e. The van der Waals surface area contributed by atoms with Crippen molar-refractivity contribution in [1.29, 1.82) is 0 Å². The summed E-state index contributed by atoms with van der Waals surface area (Å²) < 4.78 is 11.5. The van der Waals surface area contributed by atoms with E-state index in [4.69, 9.17) is 9.47 Å². The number of hydrogen-bond acceptors (Lipinski definition) is 3. The fourth-order valence-corrected chi connectivity index (χ4v) is 3.93. The van der Waals surface area contributed by atoms with Gasteiger partial charge in [-0.25, -0.2) is 0 Å². The van der Waals surface area contributed by atoms with Gasteiger partial charge in [0.1, 0.15) is 13.2 Å². The SMILES string of the molecule is CCCNC(Cc1ccc2c(c1)OCCO2)(c1ccccc1)c1ccccc1. The summed E-state index contributed by atoms with van der Waals surface area (Å²) in [6.45, 7) is 4.36. The van der Waals surface area contributed by atoms with Gasteiger partial charge in [0.15, 0.2) is 11.5 Å². The lowest BCUT2D eigenvalue weighted by molar-refractivity contribution is 0.171. The minimum atomic E-state index is -0.303. The van der Waals surface area contributed by atoms with Crippen molar-refractivity contribution < 1.29 is 9.47 Å². The van der Waals surface area contributed by atoms with E-state index in [0.29, 0.717) is 13.2 Å². The summed E-state index contributed by atoms with van der Waals surface area (Å²) in [7, 11) is 0. The van der Waals surface area contributed by atoms with Crippen LogP contribution in [-0.4, -0.2) is 19.8 Å². The fourth-order valence-electron chi connectivity index (χ4n) is 3.93. The molecule has 1 aliphatic rings. The molecule has 1 N–H and O–H groups in total. The van der Waals surface area contributed by atoms with Crippen molar-refractivity contribution in [1.82, 2.24) is 5.32 Å². The van der Waals surface area contributed by atoms with Crippen LogP contribution >= 0.6 is 0 Å². The Kier molecular flexibility index (Phi) is 5.63. The number of hydrogen-bond donors (Lipinski definition) is 1. The molecular weight excluding hydrogens is 346 g/mol. The molecule has 1 aliphatic heterocycles. The van der Waals surface area contributed by atoms with Gasteiger partial charge in [0.05, 0.1) is 5.54 Å². The van der Waals surface area contributed by atoms with E-state index in [0.717, 1.165) is 30.9 Å². The van der Waals surface area contributed by atoms with Crippen molar-refractivity contribution in [2.75, 3.05) is 19.8 Å². The second-order valence-corrected chi connectivity index (χ2v) is 7.22. The van der Waals surface area contributed by atoms with Crippen LogP contribution in [0.15, 0.2) is 78.9 Å². The molecule has 3 aromatic rings. The van der Waals surface area contributed by atoms with Crippen LogP contribution in [0.1, 0.15) is 30.0 Å². The van der Waals surface area contributed by atoms with Crippen LogP contribution in [0.5, 0.6) is 11.5 Å². The molecule has 0 saturated carbocycles. The second kappa shape index (κ2) is 8.49. The van der Waals surface area contributed by atoms with Gasteiger partial charge in [-0.3, -0.25) is 0 Å². The largest absolute Gasteiger partial charge is 0.486 e. The number of rotatable bonds is 7. The first-order valence-corrected chi connectivity index (χ1v) is 10.1. The van der Waals surface area contributed by atoms with E-state index in [1.54, 1.807) is 0 Å². The van der Waals surface area contributed by atoms with Gasteiger partial charge in [0.25, 0.3) is 0 Å². The molecular formula is C25H27NO2. The summed E-state index contributed by atoms with van der Waals surface area (Å²) in [5, 5.41) is 3.87. The first-order chi connectivity index (χ1) is 13.8. The quantitative estimate of drug-likeness (QED) is 0.636. The standard InChI is InChI=1S/C25H27NO2/c1-2-15-26-25(21-9-5-3-6-10-21,22-11-7-4-8-12-22)19-20-13-14-23-24(18-20)28-17-16-27-23/h3-14,18,26H,2,15-17,19H2,1H3. The average molecular weight is 373 g/mol. The number of fused-ring (bicyclic) bond motifs is 1. The van der Waals surface area contributed by atoms with Crippen molar-refractivity contribution >= 4 is 0 Å². The Labute approximate surface area is 167 Å². The van der Waals surface area contributed by atoms with E-state index in [1.807, 2.05) is 6.07 Å². The summed E-state index contributed by atoms with van der Waals surface area (Å²) in [5.74, 6) is 1.68. The molecule has 0 unspecified atom stereocenters. The fraction of sp³-hybridized carbons (Fsp3) is 0.280. The Morgan fingerprint density at radius 1 is 0.786 bits per heavy atom. The molecule has 4 rings (SSSR count). The van der Waals surface area contributed by atoms with Crippen LogP contribution in [0.4, 0.5) is 0 Å². The van der Waals surface area contributed by atoms with Crippen LogP contribution in [0.3, 0.4) is 0 Å². The highest BCUT2D eigenvalue weighted by Gasteiger charge is 2.34. The highest BCUT2D eigenvalue weighted by atomic mass is 16.6. The third kappa shape index (κ3) is 3.76. The molecule has 28 heavy (non-hydrogen) atoms. The summed E-state index contributed by atoms with van der Waals surface area (Å²) in [6, 6.07) is 27.8. The summed E-state index contributed by atoms with van der Waals surface area (Å²) in [4.78, 5) is 0. The highest BCUT2D eigenvalue weighted by molar-refractivity contribution is 5.47. The van der Waals surface area contributed by atoms with Crippen molar-refractivity contribution in [3.8, 4) is 11.5 Å². The van der Waals surface area contributed by atoms with Crippen molar-refractivity contribution in [3.63, 3.8) is 0 Å². The molecule has 0 radical (unpaired) electrons. The Morgan fingerprint density at radius 3 is 2.00 bits per heavy atom. The lowest BCUT2D eigenvalue weighted by atomic mass is 9.77. The van der Waals surface area contributed by atoms with Crippen molar-refractivity contribution in [2.24, 2.45) is 0 Å². The van der Waals surface area contributed by atoms with Crippen molar-refractivity contribution in [3.05, 3.63) is 95.6 Å². The summed E-state index contributed by atoms with van der Waals surface area (Å²) in [6.07, 6.45) is 1.90. The van der Waals surface area contributed by atoms with Crippen LogP contribution in [0.2, 0.25) is 0 Å². The molecule has 144 valence electrons. The zero-order valence-electron chi connectivity index (χ0n) is 16.4. The first-order valence-electron chi connectivity index (χ1n) is 10.1. The van der Waals surface area contributed by atoms with Gasteiger partial charge in [-0.2, -0.15) is 0 Å². The van der Waals surface area contributed by atoms with Gasteiger partial charge in [0.2, 0.25) is 0 Å². The van der Waals surface area contributed by atoms with Gasteiger partial charge >= 0.3 is 0 Å². The van der Waals surface area contributed by atoms with Gasteiger partial charge in [0, 0.05) is 0 Å². The molecule has 0 aliphatic carbocycles. The molecule has 0 atom stereocenters. The maximum atomic E-state index is 5.83. The molecule has 3 aromatic carbocycles. The molecule has 0 fully saturated rings. The van der Waals surface area contributed by atoms with E-state index < -0.39 is 0 Å². The Morgan fingerprint density at radius 2 is 1.39 bits per heavy atom. The molecule has 0 bridgehead atoms. The molecule has 0 saturated heterocycles. The smallest absolute Gasteiger partial charge is 0.161 e. The van der Waals surface area contributed by atoms with Gasteiger partial charge < -0.3 is 14.8 Å². The minimum absolute atomic E-state index is 0.303. The van der Waals surface area contributed by atoms with E-state index in [9.17, 15) is 0 Å². The average Bonchev–Trinajstić information content (AvgIpc) is 2.78. The lowest BCUT2D eigenvalue weighted by Crippen LogP contribution is -2.45. The maximum absolute atomic E-state index is 5.83. The Hall–Kier alpha value is -2.78. The topological polar surface area (TPSA) is 30.5 Å². The van der Waals surface area contributed by atoms with E-state index >= 15 is 0 Å². The van der Waals surface area contributed by atoms with Gasteiger partial charge in [-0.05, 0) is 48.2 Å². The summed E-state index contributed by atoms with van der Waals surface area (Å²) >= 11 is 0. The van der Waals surface area contributed by atoms with Crippen LogP contribution in [-0.2, 0) is 12.0 Å². The van der Waals surface area contributed by atoms with E-state index in [-0.39, 0.29) is 5.54 Å². The van der Waals surface area contributed by atoms with Crippen LogP contribution < -0.4 is 14.8 Å². The lowest BCUT2D eigenvalue weighted by Gasteiger charge is -2.37. The van der Waals surface area contributed by atoms with E-state index in [1.165, 1.54) is 16.7 Å². The third-order valence-electron chi connectivity index (χ3n) is 5.29. The molecule has 1 heterocycles. The number of nitrogens with one attached hydrogen (secondary N) is 1. The van der Waals surface area contributed by atoms with Crippen molar-refractivity contribution in [2.45, 2.75) is 25.3 Å². The molecule has 0 spiro atoms. The molecule has 3 heteroatoms. The third-order valence-corrected chi connectivity index (χ3v) is 5.29. The van der Waals surface area contributed by atoms with Crippen LogP contribution in [0, 0.1) is 0 Å². The predicted octanol–water partition coefficient (Wildman–Crippen LogP) is 4.94. The highest BCUT2D eigenvalue weighted by Crippen LogP contribution is 2.37. The van der Waals surface area contributed by atoms with Gasteiger partial charge in [-0.15, -0.1) is 0 Å². The number of ether oxygens (including phenoxy) is 2. The van der Waals surface area contributed by atoms with E-state index in [2.05, 4.69) is 85.0 Å². The summed E-state index contributed by atoms with van der Waals surface area (Å²) in [5.41, 5.74) is 3.46. The minimum Gasteiger partial charge on any atom is -0.486 e. The number of benzene rings is 3. The first kappa shape index (κ1) is 18.6. The van der Waals surface area contributed by atoms with Gasteiger partial charge in [-0.1, -0.05) is 73.7 Å². The second-order valence-electron chi connectivity index (χ2n) is 7.22. The monoisotopic (exact) mass is 373 g/mol. The molecule has 0 aromatic heterocycles. The normalized spacial score (nSPS) is 13.3. The zero-order chi connectivity index (χ0) is 19.2. The Bertz CT molecular complexity index is 853. The Balaban J connectivity index is 1.80. The predicted molar refractivity (Wildman–Crippen MR) is 113 cm³/mol. The molecule has 3 nitrogen and oxygen atoms in total. The zero-order valence-corrected chi connectivity index (χ0v) is 16.4. The van der Waals surface area contributed by atoms with Crippen LogP contribution in [0.25, 0.3) is 0 Å². The molecule has 0 amide bonds.